The molecule has 3 aromatic rings. The molecule has 0 aliphatic rings. The molecule has 1 nitrogen and oxygen atoms in total. The molecular weight excluding hydrogens is 304 g/mol. The zero-order valence-corrected chi connectivity index (χ0v) is 13.4. The molecule has 0 bridgehead atoms. The van der Waals surface area contributed by atoms with E-state index in [4.69, 9.17) is 16.3 Å². The van der Waals surface area contributed by atoms with Gasteiger partial charge in [-0.1, -0.05) is 78.4 Å². The highest BCUT2D eigenvalue weighted by Crippen LogP contribution is 2.19. The predicted octanol–water partition coefficient (Wildman–Crippen LogP) is 6.09. The summed E-state index contributed by atoms with van der Waals surface area (Å²) < 4.78 is 5.85. The van der Waals surface area contributed by atoms with Crippen molar-refractivity contribution in [3.63, 3.8) is 0 Å². The number of rotatable bonds is 5. The van der Waals surface area contributed by atoms with Crippen molar-refractivity contribution in [1.29, 1.82) is 0 Å². The maximum Gasteiger partial charge on any atom is 0.119 e. The largest absolute Gasteiger partial charge is 0.489 e. The topological polar surface area (TPSA) is 9.23 Å². The Labute approximate surface area is 141 Å². The quantitative estimate of drug-likeness (QED) is 0.517. The molecule has 0 saturated heterocycles. The molecule has 0 heterocycles. The fourth-order valence-electron chi connectivity index (χ4n) is 2.27. The number of benzene rings is 3. The lowest BCUT2D eigenvalue weighted by atomic mass is 10.1. The third kappa shape index (κ3) is 4.48. The second-order valence-electron chi connectivity index (χ2n) is 5.19. The van der Waals surface area contributed by atoms with Gasteiger partial charge in [0.05, 0.1) is 0 Å². The van der Waals surface area contributed by atoms with Crippen LogP contribution in [0.2, 0.25) is 5.02 Å². The number of ether oxygens (including phenoxy) is 1. The SMILES string of the molecule is Clc1ccc(OCc2ccccc2/C=C/c2ccccc2)cc1. The van der Waals surface area contributed by atoms with Crippen LogP contribution in [-0.2, 0) is 6.61 Å². The first kappa shape index (κ1) is 15.4. The van der Waals surface area contributed by atoms with Gasteiger partial charge in [0.2, 0.25) is 0 Å². The molecule has 0 aliphatic heterocycles. The number of halogens is 1. The van der Waals surface area contributed by atoms with Gasteiger partial charge in [-0.15, -0.1) is 0 Å². The van der Waals surface area contributed by atoms with E-state index in [1.165, 1.54) is 5.56 Å². The molecule has 0 amide bonds. The Morgan fingerprint density at radius 1 is 0.739 bits per heavy atom. The van der Waals surface area contributed by atoms with E-state index in [0.29, 0.717) is 11.6 Å². The van der Waals surface area contributed by atoms with Crippen LogP contribution in [0.1, 0.15) is 16.7 Å². The van der Waals surface area contributed by atoms with Gasteiger partial charge in [0.15, 0.2) is 0 Å². The van der Waals surface area contributed by atoms with E-state index < -0.39 is 0 Å². The molecule has 0 atom stereocenters. The van der Waals surface area contributed by atoms with Gasteiger partial charge < -0.3 is 4.74 Å². The average molecular weight is 321 g/mol. The monoisotopic (exact) mass is 320 g/mol. The lowest BCUT2D eigenvalue weighted by molar-refractivity contribution is 0.306. The smallest absolute Gasteiger partial charge is 0.119 e. The van der Waals surface area contributed by atoms with Crippen LogP contribution in [0.15, 0.2) is 78.9 Å². The minimum atomic E-state index is 0.525. The summed E-state index contributed by atoms with van der Waals surface area (Å²) >= 11 is 5.89. The van der Waals surface area contributed by atoms with Crippen molar-refractivity contribution < 1.29 is 4.74 Å². The van der Waals surface area contributed by atoms with Crippen LogP contribution in [0, 0.1) is 0 Å². The Balaban J connectivity index is 1.73. The van der Waals surface area contributed by atoms with Gasteiger partial charge in [-0.05, 0) is 41.0 Å². The first-order valence-corrected chi connectivity index (χ1v) is 7.88. The summed E-state index contributed by atoms with van der Waals surface area (Å²) in [5.41, 5.74) is 3.49. The summed E-state index contributed by atoms with van der Waals surface area (Å²) in [6.07, 6.45) is 4.23. The van der Waals surface area contributed by atoms with Crippen LogP contribution in [0.3, 0.4) is 0 Å². The summed E-state index contributed by atoms with van der Waals surface area (Å²) in [7, 11) is 0. The van der Waals surface area contributed by atoms with E-state index in [-0.39, 0.29) is 0 Å². The molecule has 23 heavy (non-hydrogen) atoms. The van der Waals surface area contributed by atoms with E-state index in [9.17, 15) is 0 Å². The molecule has 3 rings (SSSR count). The van der Waals surface area contributed by atoms with Crippen molar-refractivity contribution >= 4 is 23.8 Å². The van der Waals surface area contributed by atoms with Crippen molar-refractivity contribution in [3.05, 3.63) is 101 Å². The lowest BCUT2D eigenvalue weighted by Crippen LogP contribution is -1.97. The molecule has 3 aromatic carbocycles. The molecule has 0 spiro atoms. The zero-order chi connectivity index (χ0) is 15.9. The van der Waals surface area contributed by atoms with Crippen molar-refractivity contribution in [2.24, 2.45) is 0 Å². The first-order valence-electron chi connectivity index (χ1n) is 7.51. The number of hydrogen-bond donors (Lipinski definition) is 0. The molecule has 0 N–H and O–H groups in total. The third-order valence-electron chi connectivity index (χ3n) is 3.52. The highest BCUT2D eigenvalue weighted by molar-refractivity contribution is 6.30. The maximum absolute atomic E-state index is 5.89. The van der Waals surface area contributed by atoms with Crippen molar-refractivity contribution in [2.45, 2.75) is 6.61 Å². The fraction of sp³-hybridized carbons (Fsp3) is 0.0476. The lowest BCUT2D eigenvalue weighted by Gasteiger charge is -2.09. The Morgan fingerprint density at radius 3 is 2.22 bits per heavy atom. The minimum Gasteiger partial charge on any atom is -0.489 e. The minimum absolute atomic E-state index is 0.525. The van der Waals surface area contributed by atoms with Crippen LogP contribution >= 0.6 is 11.6 Å². The van der Waals surface area contributed by atoms with E-state index in [0.717, 1.165) is 16.9 Å². The fourth-order valence-corrected chi connectivity index (χ4v) is 2.40. The Morgan fingerprint density at radius 2 is 1.43 bits per heavy atom. The van der Waals surface area contributed by atoms with Crippen molar-refractivity contribution in [1.82, 2.24) is 0 Å². The van der Waals surface area contributed by atoms with Crippen LogP contribution in [-0.4, -0.2) is 0 Å². The van der Waals surface area contributed by atoms with Crippen LogP contribution in [0.5, 0.6) is 5.75 Å². The Bertz CT molecular complexity index is 776. The summed E-state index contributed by atoms with van der Waals surface area (Å²) in [4.78, 5) is 0. The summed E-state index contributed by atoms with van der Waals surface area (Å²) in [5.74, 6) is 0.816. The molecule has 0 saturated carbocycles. The molecule has 114 valence electrons. The van der Waals surface area contributed by atoms with Crippen molar-refractivity contribution in [3.8, 4) is 5.75 Å². The van der Waals surface area contributed by atoms with Gasteiger partial charge in [-0.25, -0.2) is 0 Å². The highest BCUT2D eigenvalue weighted by Gasteiger charge is 2.01. The average Bonchev–Trinajstić information content (AvgIpc) is 2.61. The molecule has 0 radical (unpaired) electrons. The maximum atomic E-state index is 5.89. The molecule has 0 unspecified atom stereocenters. The second-order valence-corrected chi connectivity index (χ2v) is 5.62. The van der Waals surface area contributed by atoms with Gasteiger partial charge in [-0.3, -0.25) is 0 Å². The molecule has 0 aliphatic carbocycles. The first-order chi connectivity index (χ1) is 11.3. The Kier molecular flexibility index (Phi) is 5.13. The van der Waals surface area contributed by atoms with Gasteiger partial charge in [0, 0.05) is 5.02 Å². The standard InChI is InChI=1S/C21H17ClO/c22-20-12-14-21(15-13-20)23-16-19-9-5-4-8-18(19)11-10-17-6-2-1-3-7-17/h1-15H,16H2/b11-10+. The zero-order valence-electron chi connectivity index (χ0n) is 12.7. The van der Waals surface area contributed by atoms with E-state index in [1.54, 1.807) is 0 Å². The molecule has 2 heteroatoms. The van der Waals surface area contributed by atoms with Crippen molar-refractivity contribution in [2.75, 3.05) is 0 Å². The highest BCUT2D eigenvalue weighted by atomic mass is 35.5. The van der Waals surface area contributed by atoms with Gasteiger partial charge >= 0.3 is 0 Å². The predicted molar refractivity (Wildman–Crippen MR) is 97.6 cm³/mol. The van der Waals surface area contributed by atoms with Gasteiger partial charge in [0.1, 0.15) is 12.4 Å². The van der Waals surface area contributed by atoms with E-state index in [2.05, 4.69) is 36.4 Å². The third-order valence-corrected chi connectivity index (χ3v) is 3.77. The number of hydrogen-bond acceptors (Lipinski definition) is 1. The summed E-state index contributed by atoms with van der Waals surface area (Å²) in [6.45, 7) is 0.525. The van der Waals surface area contributed by atoms with Crippen LogP contribution in [0.25, 0.3) is 12.2 Å². The van der Waals surface area contributed by atoms with Crippen LogP contribution in [0.4, 0.5) is 0 Å². The molecule has 0 aromatic heterocycles. The summed E-state index contributed by atoms with van der Waals surface area (Å²) in [6, 6.07) is 25.9. The Hall–Kier alpha value is -2.51. The van der Waals surface area contributed by atoms with E-state index in [1.807, 2.05) is 54.6 Å². The van der Waals surface area contributed by atoms with E-state index >= 15 is 0 Å². The van der Waals surface area contributed by atoms with Gasteiger partial charge in [-0.2, -0.15) is 0 Å². The molecular formula is C21H17ClO. The second kappa shape index (κ2) is 7.66. The normalized spacial score (nSPS) is 10.8. The molecule has 0 fully saturated rings. The van der Waals surface area contributed by atoms with Gasteiger partial charge in [0.25, 0.3) is 0 Å². The van der Waals surface area contributed by atoms with Crippen LogP contribution < -0.4 is 4.74 Å². The summed E-state index contributed by atoms with van der Waals surface area (Å²) in [5, 5.41) is 0.712.